The van der Waals surface area contributed by atoms with Crippen LogP contribution in [0.15, 0.2) is 0 Å². The van der Waals surface area contributed by atoms with E-state index in [1.54, 1.807) is 0 Å². The van der Waals surface area contributed by atoms with Gasteiger partial charge in [-0.2, -0.15) is 0 Å². The van der Waals surface area contributed by atoms with Crippen LogP contribution >= 0.6 is 0 Å². The van der Waals surface area contributed by atoms with Gasteiger partial charge >= 0.3 is 0 Å². The van der Waals surface area contributed by atoms with Crippen molar-refractivity contribution < 1.29 is 24.1 Å². The third kappa shape index (κ3) is 2.46. The van der Waals surface area contributed by atoms with Crippen molar-refractivity contribution in [1.29, 1.82) is 0 Å². The predicted molar refractivity (Wildman–Crippen MR) is 107 cm³/mol. The molecule has 164 valence electrons. The second-order valence-electron chi connectivity index (χ2n) is 11.4. The summed E-state index contributed by atoms with van der Waals surface area (Å²) in [4.78, 5) is 0. The minimum atomic E-state index is -0.365. The average Bonchev–Trinajstić information content (AvgIpc) is 3.44. The van der Waals surface area contributed by atoms with E-state index in [9.17, 15) is 5.11 Å². The highest BCUT2D eigenvalue weighted by molar-refractivity contribution is 5.14. The molecule has 1 N–H and O–H groups in total. The van der Waals surface area contributed by atoms with E-state index in [0.29, 0.717) is 30.3 Å². The minimum Gasteiger partial charge on any atom is -0.396 e. The highest BCUT2D eigenvalue weighted by Crippen LogP contribution is 2.71. The number of hydrogen-bond donors (Lipinski definition) is 1. The Bertz CT molecular complexity index is 654. The van der Waals surface area contributed by atoms with Crippen LogP contribution in [0.25, 0.3) is 0 Å². The van der Waals surface area contributed by atoms with Gasteiger partial charge in [0, 0.05) is 31.3 Å². The molecule has 0 bridgehead atoms. The summed E-state index contributed by atoms with van der Waals surface area (Å²) in [5.41, 5.74) is 0.410. The molecule has 0 aromatic rings. The first-order valence-corrected chi connectivity index (χ1v) is 12.1. The number of ether oxygens (including phenoxy) is 4. The van der Waals surface area contributed by atoms with E-state index in [4.69, 9.17) is 18.9 Å². The Hall–Kier alpha value is -0.200. The summed E-state index contributed by atoms with van der Waals surface area (Å²) in [6.45, 7) is 8.22. The molecule has 2 saturated heterocycles. The molecule has 0 aromatic heterocycles. The van der Waals surface area contributed by atoms with Crippen LogP contribution in [-0.2, 0) is 18.9 Å². The molecule has 0 radical (unpaired) electrons. The monoisotopic (exact) mass is 406 g/mol. The van der Waals surface area contributed by atoms with E-state index in [2.05, 4.69) is 13.8 Å². The highest BCUT2D eigenvalue weighted by atomic mass is 16.7. The molecule has 29 heavy (non-hydrogen) atoms. The first kappa shape index (κ1) is 19.5. The quantitative estimate of drug-likeness (QED) is 0.719. The van der Waals surface area contributed by atoms with Crippen molar-refractivity contribution in [3.05, 3.63) is 0 Å². The Labute approximate surface area is 174 Å². The molecule has 4 saturated carbocycles. The SMILES string of the molecule is C[C@]12CCC3(CC1[C@@H](CO)C[C@@H]1[C@@H]2CC[C@@]2(C)[C@H]1CCC21OCCO1)OCCO3. The summed E-state index contributed by atoms with van der Waals surface area (Å²) in [5.74, 6) is 2.23. The molecule has 6 fully saturated rings. The Kier molecular flexibility index (Phi) is 4.31. The van der Waals surface area contributed by atoms with Gasteiger partial charge in [0.05, 0.1) is 26.4 Å². The Balaban J connectivity index is 1.32. The minimum absolute atomic E-state index is 0.126. The van der Waals surface area contributed by atoms with Gasteiger partial charge in [-0.1, -0.05) is 13.8 Å². The molecule has 5 heteroatoms. The zero-order valence-electron chi connectivity index (χ0n) is 18.2. The first-order valence-electron chi connectivity index (χ1n) is 12.1. The largest absolute Gasteiger partial charge is 0.396 e. The number of hydrogen-bond acceptors (Lipinski definition) is 5. The smallest absolute Gasteiger partial charge is 0.174 e. The normalized spacial score (nSPS) is 52.4. The lowest BCUT2D eigenvalue weighted by molar-refractivity contribution is -0.265. The molecule has 5 nitrogen and oxygen atoms in total. The Morgan fingerprint density at radius 1 is 0.793 bits per heavy atom. The maximum absolute atomic E-state index is 10.4. The number of aliphatic hydroxyl groups excluding tert-OH is 1. The number of rotatable bonds is 1. The van der Waals surface area contributed by atoms with Gasteiger partial charge in [0.1, 0.15) is 0 Å². The second kappa shape index (κ2) is 6.41. The Morgan fingerprint density at radius 2 is 1.48 bits per heavy atom. The van der Waals surface area contributed by atoms with E-state index in [1.807, 2.05) is 0 Å². The second-order valence-corrected chi connectivity index (χ2v) is 11.4. The van der Waals surface area contributed by atoms with Crippen molar-refractivity contribution in [2.75, 3.05) is 33.0 Å². The summed E-state index contributed by atoms with van der Waals surface area (Å²) < 4.78 is 24.8. The van der Waals surface area contributed by atoms with Gasteiger partial charge in [0.15, 0.2) is 11.6 Å². The fraction of sp³-hybridized carbons (Fsp3) is 1.00. The summed E-state index contributed by atoms with van der Waals surface area (Å²) in [6, 6.07) is 0. The molecule has 0 aromatic carbocycles. The van der Waals surface area contributed by atoms with Gasteiger partial charge in [-0.25, -0.2) is 0 Å². The van der Waals surface area contributed by atoms with Crippen LogP contribution in [-0.4, -0.2) is 49.7 Å². The van der Waals surface area contributed by atoms with Crippen molar-refractivity contribution in [3.63, 3.8) is 0 Å². The number of aliphatic hydroxyl groups is 1. The topological polar surface area (TPSA) is 57.2 Å². The van der Waals surface area contributed by atoms with Crippen LogP contribution in [0.2, 0.25) is 0 Å². The fourth-order valence-electron chi connectivity index (χ4n) is 9.28. The lowest BCUT2D eigenvalue weighted by atomic mass is 9.42. The van der Waals surface area contributed by atoms with Crippen molar-refractivity contribution >= 4 is 0 Å². The van der Waals surface area contributed by atoms with Gasteiger partial charge in [0.25, 0.3) is 0 Å². The van der Waals surface area contributed by atoms with Crippen LogP contribution in [0.4, 0.5) is 0 Å². The molecule has 7 atom stereocenters. The average molecular weight is 407 g/mol. The van der Waals surface area contributed by atoms with Crippen molar-refractivity contribution in [1.82, 2.24) is 0 Å². The van der Waals surface area contributed by atoms with Gasteiger partial charge in [0.2, 0.25) is 0 Å². The van der Waals surface area contributed by atoms with Crippen molar-refractivity contribution in [3.8, 4) is 0 Å². The molecule has 2 spiro atoms. The van der Waals surface area contributed by atoms with E-state index in [1.165, 1.54) is 19.3 Å². The van der Waals surface area contributed by atoms with Crippen LogP contribution in [0.1, 0.15) is 65.2 Å². The summed E-state index contributed by atoms with van der Waals surface area (Å²) in [6.07, 6.45) is 9.04. The lowest BCUT2D eigenvalue weighted by Gasteiger charge is -2.64. The molecule has 6 aliphatic rings. The van der Waals surface area contributed by atoms with Crippen LogP contribution in [0, 0.1) is 40.4 Å². The zero-order valence-corrected chi connectivity index (χ0v) is 18.2. The van der Waals surface area contributed by atoms with E-state index in [-0.39, 0.29) is 22.4 Å². The standard InChI is InChI=1S/C24H38O5/c1-21-7-8-23(26-9-10-27-23)14-20(21)16(15-25)13-17-18(21)3-5-22(2)19(17)4-6-24(22)28-11-12-29-24/h16-20,25H,3-15H2,1-2H3/t16-,17-,18+,19+,20?,21-,22+/m1/s1. The molecule has 4 aliphatic carbocycles. The molecular weight excluding hydrogens is 368 g/mol. The third-order valence-electron chi connectivity index (χ3n) is 10.7. The predicted octanol–water partition coefficient (Wildman–Crippen LogP) is 3.73. The third-order valence-corrected chi connectivity index (χ3v) is 10.7. The van der Waals surface area contributed by atoms with Crippen molar-refractivity contribution in [2.24, 2.45) is 40.4 Å². The van der Waals surface area contributed by atoms with Crippen LogP contribution < -0.4 is 0 Å². The van der Waals surface area contributed by atoms with Gasteiger partial charge in [-0.15, -0.1) is 0 Å². The molecule has 6 rings (SSSR count). The molecule has 2 aliphatic heterocycles. The summed E-state index contributed by atoms with van der Waals surface area (Å²) in [5, 5.41) is 10.4. The number of fused-ring (bicyclic) bond motifs is 6. The van der Waals surface area contributed by atoms with Gasteiger partial charge in [-0.05, 0) is 67.1 Å². The van der Waals surface area contributed by atoms with Crippen LogP contribution in [0.5, 0.6) is 0 Å². The first-order chi connectivity index (χ1) is 14.0. The highest BCUT2D eigenvalue weighted by Gasteiger charge is 2.69. The molecule has 2 heterocycles. The molecule has 1 unspecified atom stereocenters. The van der Waals surface area contributed by atoms with E-state index in [0.717, 1.165) is 64.4 Å². The zero-order chi connectivity index (χ0) is 19.9. The maximum Gasteiger partial charge on any atom is 0.174 e. The Morgan fingerprint density at radius 3 is 2.21 bits per heavy atom. The van der Waals surface area contributed by atoms with Gasteiger partial charge in [-0.3, -0.25) is 0 Å². The summed E-state index contributed by atoms with van der Waals surface area (Å²) >= 11 is 0. The molecular formula is C24H38O5. The fourth-order valence-corrected chi connectivity index (χ4v) is 9.28. The van der Waals surface area contributed by atoms with Crippen LogP contribution in [0.3, 0.4) is 0 Å². The molecule has 0 amide bonds. The van der Waals surface area contributed by atoms with E-state index < -0.39 is 0 Å². The van der Waals surface area contributed by atoms with E-state index >= 15 is 0 Å². The lowest BCUT2D eigenvalue weighted by Crippen LogP contribution is -2.60. The van der Waals surface area contributed by atoms with Gasteiger partial charge < -0.3 is 24.1 Å². The maximum atomic E-state index is 10.4. The summed E-state index contributed by atoms with van der Waals surface area (Å²) in [7, 11) is 0. The van der Waals surface area contributed by atoms with Crippen molar-refractivity contribution in [2.45, 2.75) is 76.8 Å².